The molecule has 1 unspecified atom stereocenters. The minimum Gasteiger partial charge on any atom is -0.396 e. The van der Waals surface area contributed by atoms with Crippen LogP contribution in [0, 0.1) is 0 Å². The summed E-state index contributed by atoms with van der Waals surface area (Å²) < 4.78 is 1.13. The van der Waals surface area contributed by atoms with Crippen LogP contribution >= 0.6 is 15.9 Å². The highest BCUT2D eigenvalue weighted by atomic mass is 79.9. The summed E-state index contributed by atoms with van der Waals surface area (Å²) in [5.74, 6) is 0. The predicted octanol–water partition coefficient (Wildman–Crippen LogP) is 3.13. The van der Waals surface area contributed by atoms with Crippen LogP contribution in [-0.4, -0.2) is 24.3 Å². The van der Waals surface area contributed by atoms with Crippen molar-refractivity contribution >= 4 is 15.9 Å². The van der Waals surface area contributed by atoms with E-state index >= 15 is 0 Å². The molecule has 0 aliphatic carbocycles. The van der Waals surface area contributed by atoms with Gasteiger partial charge in [0.25, 0.3) is 0 Å². The topological polar surface area (TPSA) is 32.3 Å². The number of rotatable bonds is 8. The summed E-state index contributed by atoms with van der Waals surface area (Å²) in [6.07, 6.45) is 4.25. The molecular weight excluding hydrogens is 278 g/mol. The number of benzene rings is 1. The average molecular weight is 300 g/mol. The number of aryl methyl sites for hydroxylation is 1. The van der Waals surface area contributed by atoms with Crippen molar-refractivity contribution in [3.8, 4) is 0 Å². The van der Waals surface area contributed by atoms with Crippen molar-refractivity contribution in [1.82, 2.24) is 5.32 Å². The van der Waals surface area contributed by atoms with Crippen LogP contribution in [0.2, 0.25) is 0 Å². The Kier molecular flexibility index (Phi) is 7.49. The van der Waals surface area contributed by atoms with Crippen molar-refractivity contribution < 1.29 is 5.11 Å². The number of hydrogen-bond donors (Lipinski definition) is 2. The summed E-state index contributed by atoms with van der Waals surface area (Å²) in [5, 5.41) is 12.2. The summed E-state index contributed by atoms with van der Waals surface area (Å²) >= 11 is 3.45. The average Bonchev–Trinajstić information content (AvgIpc) is 2.35. The fraction of sp³-hybridized carbons (Fsp3) is 0.571. The molecule has 0 spiro atoms. The Balaban J connectivity index is 2.29. The van der Waals surface area contributed by atoms with Crippen LogP contribution in [0.25, 0.3) is 0 Å². The van der Waals surface area contributed by atoms with E-state index in [1.54, 1.807) is 0 Å². The minimum absolute atomic E-state index is 0.274. The molecule has 0 fully saturated rings. The number of halogens is 1. The highest BCUT2D eigenvalue weighted by Gasteiger charge is 2.05. The molecule has 1 aromatic carbocycles. The van der Waals surface area contributed by atoms with Crippen molar-refractivity contribution in [3.63, 3.8) is 0 Å². The van der Waals surface area contributed by atoms with Gasteiger partial charge in [0.1, 0.15) is 0 Å². The second-order valence-corrected chi connectivity index (χ2v) is 5.22. The lowest BCUT2D eigenvalue weighted by Crippen LogP contribution is -2.30. The first-order valence-electron chi connectivity index (χ1n) is 6.35. The molecule has 0 radical (unpaired) electrons. The van der Waals surface area contributed by atoms with E-state index in [9.17, 15) is 0 Å². The van der Waals surface area contributed by atoms with Crippen LogP contribution in [0.1, 0.15) is 31.7 Å². The van der Waals surface area contributed by atoms with Crippen LogP contribution in [0.3, 0.4) is 0 Å². The lowest BCUT2D eigenvalue weighted by molar-refractivity contribution is 0.281. The third kappa shape index (κ3) is 6.20. The summed E-state index contributed by atoms with van der Waals surface area (Å²) in [5.41, 5.74) is 1.38. The molecule has 1 atom stereocenters. The zero-order chi connectivity index (χ0) is 12.5. The van der Waals surface area contributed by atoms with Gasteiger partial charge in [-0.1, -0.05) is 35.0 Å². The van der Waals surface area contributed by atoms with E-state index in [-0.39, 0.29) is 6.61 Å². The fourth-order valence-corrected chi connectivity index (χ4v) is 2.09. The Bertz CT molecular complexity index is 300. The molecule has 2 nitrogen and oxygen atoms in total. The molecule has 2 N–H and O–H groups in total. The molecule has 96 valence electrons. The maximum atomic E-state index is 8.74. The first-order chi connectivity index (χ1) is 8.26. The smallest absolute Gasteiger partial charge is 0.0443 e. The second-order valence-electron chi connectivity index (χ2n) is 4.30. The Labute approximate surface area is 113 Å². The molecule has 3 heteroatoms. The molecule has 0 amide bonds. The van der Waals surface area contributed by atoms with Crippen LogP contribution in [-0.2, 0) is 6.42 Å². The van der Waals surface area contributed by atoms with E-state index in [2.05, 4.69) is 52.4 Å². The Morgan fingerprint density at radius 3 is 2.59 bits per heavy atom. The standard InChI is InChI=1S/C14H22BrNO/c1-2-14(16-10-3-11-17)9-6-12-4-7-13(15)8-5-12/h4-5,7-8,14,16-17H,2-3,6,9-11H2,1H3. The molecule has 0 aliphatic rings. The fourth-order valence-electron chi connectivity index (χ4n) is 1.83. The molecule has 0 bridgehead atoms. The maximum Gasteiger partial charge on any atom is 0.0443 e. The van der Waals surface area contributed by atoms with Crippen molar-refractivity contribution in [3.05, 3.63) is 34.3 Å². The van der Waals surface area contributed by atoms with E-state index in [1.165, 1.54) is 5.56 Å². The summed E-state index contributed by atoms with van der Waals surface area (Å²) in [4.78, 5) is 0. The van der Waals surface area contributed by atoms with Gasteiger partial charge in [-0.2, -0.15) is 0 Å². The molecule has 0 aliphatic heterocycles. The van der Waals surface area contributed by atoms with Gasteiger partial charge in [0, 0.05) is 17.1 Å². The van der Waals surface area contributed by atoms with E-state index < -0.39 is 0 Å². The van der Waals surface area contributed by atoms with Crippen molar-refractivity contribution in [2.24, 2.45) is 0 Å². The van der Waals surface area contributed by atoms with Gasteiger partial charge in [-0.05, 0) is 49.9 Å². The van der Waals surface area contributed by atoms with Gasteiger partial charge in [-0.15, -0.1) is 0 Å². The molecule has 0 aromatic heterocycles. The summed E-state index contributed by atoms with van der Waals surface area (Å²) in [7, 11) is 0. The number of hydrogen-bond acceptors (Lipinski definition) is 2. The first kappa shape index (κ1) is 14.7. The normalized spacial score (nSPS) is 12.6. The largest absolute Gasteiger partial charge is 0.396 e. The van der Waals surface area contributed by atoms with Crippen molar-refractivity contribution in [1.29, 1.82) is 0 Å². The van der Waals surface area contributed by atoms with Gasteiger partial charge < -0.3 is 10.4 Å². The summed E-state index contributed by atoms with van der Waals surface area (Å²) in [6.45, 7) is 3.39. The highest BCUT2D eigenvalue weighted by Crippen LogP contribution is 2.13. The van der Waals surface area contributed by atoms with E-state index in [0.29, 0.717) is 6.04 Å². The third-order valence-electron chi connectivity index (χ3n) is 2.96. The summed E-state index contributed by atoms with van der Waals surface area (Å²) in [6, 6.07) is 9.09. The Hall–Kier alpha value is -0.380. The predicted molar refractivity (Wildman–Crippen MR) is 76.2 cm³/mol. The van der Waals surface area contributed by atoms with Crippen LogP contribution in [0.5, 0.6) is 0 Å². The van der Waals surface area contributed by atoms with E-state index in [4.69, 9.17) is 5.11 Å². The van der Waals surface area contributed by atoms with Crippen LogP contribution < -0.4 is 5.32 Å². The Morgan fingerprint density at radius 1 is 1.29 bits per heavy atom. The van der Waals surface area contributed by atoms with Gasteiger partial charge in [-0.25, -0.2) is 0 Å². The molecule has 0 saturated heterocycles. The van der Waals surface area contributed by atoms with Crippen LogP contribution in [0.15, 0.2) is 28.7 Å². The number of aliphatic hydroxyl groups is 1. The minimum atomic E-state index is 0.274. The van der Waals surface area contributed by atoms with E-state index in [1.807, 2.05) is 0 Å². The Morgan fingerprint density at radius 2 is 2.00 bits per heavy atom. The lowest BCUT2D eigenvalue weighted by Gasteiger charge is -2.16. The van der Waals surface area contributed by atoms with Gasteiger partial charge in [0.05, 0.1) is 0 Å². The van der Waals surface area contributed by atoms with Gasteiger partial charge in [0.2, 0.25) is 0 Å². The third-order valence-corrected chi connectivity index (χ3v) is 3.48. The lowest BCUT2D eigenvalue weighted by atomic mass is 10.0. The molecule has 0 saturated carbocycles. The second kappa shape index (κ2) is 8.67. The van der Waals surface area contributed by atoms with Gasteiger partial charge in [-0.3, -0.25) is 0 Å². The van der Waals surface area contributed by atoms with Gasteiger partial charge in [0.15, 0.2) is 0 Å². The highest BCUT2D eigenvalue weighted by molar-refractivity contribution is 9.10. The quantitative estimate of drug-likeness (QED) is 0.723. The van der Waals surface area contributed by atoms with Gasteiger partial charge >= 0.3 is 0 Å². The molecular formula is C14H22BrNO. The zero-order valence-electron chi connectivity index (χ0n) is 10.5. The molecule has 17 heavy (non-hydrogen) atoms. The van der Waals surface area contributed by atoms with Crippen molar-refractivity contribution in [2.75, 3.05) is 13.2 Å². The molecule has 0 heterocycles. The SMILES string of the molecule is CCC(CCc1ccc(Br)cc1)NCCCO. The van der Waals surface area contributed by atoms with Crippen LogP contribution in [0.4, 0.5) is 0 Å². The monoisotopic (exact) mass is 299 g/mol. The van der Waals surface area contributed by atoms with Crippen molar-refractivity contribution in [2.45, 2.75) is 38.6 Å². The molecule has 1 aromatic rings. The molecule has 1 rings (SSSR count). The number of aliphatic hydroxyl groups excluding tert-OH is 1. The number of nitrogens with one attached hydrogen (secondary N) is 1. The first-order valence-corrected chi connectivity index (χ1v) is 7.14. The van der Waals surface area contributed by atoms with E-state index in [0.717, 1.165) is 36.7 Å². The maximum absolute atomic E-state index is 8.74. The zero-order valence-corrected chi connectivity index (χ0v) is 12.0.